The Morgan fingerprint density at radius 1 is 0.548 bits per heavy atom. The van der Waals surface area contributed by atoms with E-state index >= 15 is 0 Å². The SMILES string of the molecule is Brc1cc(Br)cc(-c2cccc3c2c2c4ccccc4ccc2n3-c2ccccc2)c1. The third-order valence-electron chi connectivity index (χ3n) is 5.87. The van der Waals surface area contributed by atoms with Gasteiger partial charge in [0, 0.05) is 25.4 Å². The zero-order valence-electron chi connectivity index (χ0n) is 16.5. The summed E-state index contributed by atoms with van der Waals surface area (Å²) in [5.74, 6) is 0. The minimum Gasteiger partial charge on any atom is -0.309 e. The summed E-state index contributed by atoms with van der Waals surface area (Å²) in [7, 11) is 0. The van der Waals surface area contributed by atoms with E-state index in [1.807, 2.05) is 0 Å². The predicted octanol–water partition coefficient (Wildman–Crippen LogP) is 9.13. The fourth-order valence-electron chi connectivity index (χ4n) is 4.63. The fourth-order valence-corrected chi connectivity index (χ4v) is 5.93. The van der Waals surface area contributed by atoms with Gasteiger partial charge in [0.25, 0.3) is 0 Å². The molecule has 1 nitrogen and oxygen atoms in total. The van der Waals surface area contributed by atoms with Gasteiger partial charge in [0.15, 0.2) is 0 Å². The van der Waals surface area contributed by atoms with E-state index in [4.69, 9.17) is 0 Å². The molecule has 0 aliphatic rings. The highest BCUT2D eigenvalue weighted by molar-refractivity contribution is 9.11. The van der Waals surface area contributed by atoms with Crippen LogP contribution in [0.25, 0.3) is 49.4 Å². The normalized spacial score (nSPS) is 11.5. The molecule has 0 N–H and O–H groups in total. The van der Waals surface area contributed by atoms with Crippen molar-refractivity contribution in [1.82, 2.24) is 4.57 Å². The zero-order chi connectivity index (χ0) is 20.9. The minimum atomic E-state index is 1.06. The molecular weight excluding hydrogens is 510 g/mol. The first-order valence-corrected chi connectivity index (χ1v) is 11.8. The molecule has 0 unspecified atom stereocenters. The van der Waals surface area contributed by atoms with Gasteiger partial charge in [0.2, 0.25) is 0 Å². The summed E-state index contributed by atoms with van der Waals surface area (Å²) in [6.07, 6.45) is 0. The number of hydrogen-bond acceptors (Lipinski definition) is 0. The number of rotatable bonds is 2. The van der Waals surface area contributed by atoms with E-state index in [9.17, 15) is 0 Å². The largest absolute Gasteiger partial charge is 0.309 e. The number of fused-ring (bicyclic) bond motifs is 5. The smallest absolute Gasteiger partial charge is 0.0547 e. The highest BCUT2D eigenvalue weighted by atomic mass is 79.9. The van der Waals surface area contributed by atoms with E-state index in [1.165, 1.54) is 49.4 Å². The average molecular weight is 527 g/mol. The highest BCUT2D eigenvalue weighted by Gasteiger charge is 2.18. The van der Waals surface area contributed by atoms with Crippen LogP contribution in [0.2, 0.25) is 0 Å². The van der Waals surface area contributed by atoms with Crippen LogP contribution in [0.5, 0.6) is 0 Å². The van der Waals surface area contributed by atoms with Gasteiger partial charge in [-0.3, -0.25) is 0 Å². The third kappa shape index (κ3) is 3.03. The maximum atomic E-state index is 3.67. The molecule has 31 heavy (non-hydrogen) atoms. The third-order valence-corrected chi connectivity index (χ3v) is 6.78. The summed E-state index contributed by atoms with van der Waals surface area (Å²) < 4.78 is 4.50. The number of nitrogens with zero attached hydrogens (tertiary/aromatic N) is 1. The van der Waals surface area contributed by atoms with Crippen molar-refractivity contribution in [1.29, 1.82) is 0 Å². The summed E-state index contributed by atoms with van der Waals surface area (Å²) in [5.41, 5.74) is 6.03. The molecule has 0 saturated carbocycles. The molecule has 0 aliphatic carbocycles. The molecule has 6 rings (SSSR count). The highest BCUT2D eigenvalue weighted by Crippen LogP contribution is 2.42. The molecule has 0 fully saturated rings. The van der Waals surface area contributed by atoms with Crippen molar-refractivity contribution in [2.24, 2.45) is 0 Å². The molecule has 148 valence electrons. The quantitative estimate of drug-likeness (QED) is 0.212. The molecule has 0 aliphatic heterocycles. The Morgan fingerprint density at radius 3 is 2.06 bits per heavy atom. The van der Waals surface area contributed by atoms with Gasteiger partial charge >= 0.3 is 0 Å². The molecule has 0 bridgehead atoms. The summed E-state index contributed by atoms with van der Waals surface area (Å²) in [6, 6.07) is 36.8. The number of aromatic nitrogens is 1. The first-order chi connectivity index (χ1) is 15.2. The first-order valence-electron chi connectivity index (χ1n) is 10.2. The molecule has 0 spiro atoms. The van der Waals surface area contributed by atoms with Crippen molar-refractivity contribution in [3.8, 4) is 16.8 Å². The van der Waals surface area contributed by atoms with Crippen LogP contribution >= 0.6 is 31.9 Å². The van der Waals surface area contributed by atoms with Crippen LogP contribution in [-0.2, 0) is 0 Å². The van der Waals surface area contributed by atoms with Gasteiger partial charge < -0.3 is 4.57 Å². The Bertz CT molecular complexity index is 1580. The summed E-state index contributed by atoms with van der Waals surface area (Å²) >= 11 is 7.34. The number of hydrogen-bond donors (Lipinski definition) is 0. The van der Waals surface area contributed by atoms with Crippen LogP contribution in [0, 0.1) is 0 Å². The summed E-state index contributed by atoms with van der Waals surface area (Å²) in [5, 5.41) is 5.11. The van der Waals surface area contributed by atoms with Crippen molar-refractivity contribution >= 4 is 64.4 Å². The Balaban J connectivity index is 1.86. The van der Waals surface area contributed by atoms with E-state index in [-0.39, 0.29) is 0 Å². The van der Waals surface area contributed by atoms with Crippen LogP contribution in [0.15, 0.2) is 112 Å². The van der Waals surface area contributed by atoms with E-state index in [0.29, 0.717) is 0 Å². The molecule has 0 saturated heterocycles. The van der Waals surface area contributed by atoms with Crippen molar-refractivity contribution < 1.29 is 0 Å². The van der Waals surface area contributed by atoms with Crippen LogP contribution in [0.4, 0.5) is 0 Å². The van der Waals surface area contributed by atoms with Crippen molar-refractivity contribution in [2.45, 2.75) is 0 Å². The minimum absolute atomic E-state index is 1.06. The van der Waals surface area contributed by atoms with E-state index in [0.717, 1.165) is 8.95 Å². The topological polar surface area (TPSA) is 4.93 Å². The number of para-hydroxylation sites is 1. The predicted molar refractivity (Wildman–Crippen MR) is 139 cm³/mol. The first kappa shape index (κ1) is 18.9. The molecule has 1 heterocycles. The van der Waals surface area contributed by atoms with Crippen molar-refractivity contribution in [3.63, 3.8) is 0 Å². The second-order valence-electron chi connectivity index (χ2n) is 7.71. The molecule has 0 amide bonds. The molecule has 0 atom stereocenters. The van der Waals surface area contributed by atoms with E-state index in [1.54, 1.807) is 0 Å². The van der Waals surface area contributed by atoms with E-state index in [2.05, 4.69) is 140 Å². The lowest BCUT2D eigenvalue weighted by Gasteiger charge is -2.09. The Kier molecular flexibility index (Phi) is 4.48. The molecule has 5 aromatic carbocycles. The summed E-state index contributed by atoms with van der Waals surface area (Å²) in [6.45, 7) is 0. The number of halogens is 2. The van der Waals surface area contributed by atoms with Gasteiger partial charge in [-0.1, -0.05) is 92.5 Å². The second kappa shape index (κ2) is 7.37. The second-order valence-corrected chi connectivity index (χ2v) is 9.54. The van der Waals surface area contributed by atoms with Crippen LogP contribution in [0.3, 0.4) is 0 Å². The van der Waals surface area contributed by atoms with Gasteiger partial charge in [-0.15, -0.1) is 0 Å². The zero-order valence-corrected chi connectivity index (χ0v) is 19.7. The van der Waals surface area contributed by atoms with Gasteiger partial charge in [-0.05, 0) is 64.4 Å². The maximum absolute atomic E-state index is 3.67. The molecule has 3 heteroatoms. The standard InChI is InChI=1S/C28H17Br2N/c29-20-15-19(16-21(30)17-20)24-11-6-12-25-28(24)27-23-10-5-4-7-18(23)13-14-26(27)31(25)22-8-2-1-3-9-22/h1-17H. The lowest BCUT2D eigenvalue weighted by atomic mass is 9.97. The Hall–Kier alpha value is -2.88. The number of benzene rings is 5. The Labute approximate surface area is 197 Å². The van der Waals surface area contributed by atoms with Gasteiger partial charge in [-0.2, -0.15) is 0 Å². The molecular formula is C28H17Br2N. The lowest BCUT2D eigenvalue weighted by Crippen LogP contribution is -1.93. The molecule has 1 aromatic heterocycles. The fraction of sp³-hybridized carbons (Fsp3) is 0. The Morgan fingerprint density at radius 2 is 1.26 bits per heavy atom. The van der Waals surface area contributed by atoms with Crippen LogP contribution < -0.4 is 0 Å². The van der Waals surface area contributed by atoms with Gasteiger partial charge in [0.1, 0.15) is 0 Å². The average Bonchev–Trinajstić information content (AvgIpc) is 3.14. The van der Waals surface area contributed by atoms with Crippen molar-refractivity contribution in [2.75, 3.05) is 0 Å². The maximum Gasteiger partial charge on any atom is 0.0547 e. The van der Waals surface area contributed by atoms with Gasteiger partial charge in [-0.25, -0.2) is 0 Å². The van der Waals surface area contributed by atoms with Crippen LogP contribution in [0.1, 0.15) is 0 Å². The monoisotopic (exact) mass is 525 g/mol. The molecule has 0 radical (unpaired) electrons. The van der Waals surface area contributed by atoms with Crippen molar-refractivity contribution in [3.05, 3.63) is 112 Å². The summed E-state index contributed by atoms with van der Waals surface area (Å²) in [4.78, 5) is 0. The van der Waals surface area contributed by atoms with Crippen LogP contribution in [-0.4, -0.2) is 4.57 Å². The lowest BCUT2D eigenvalue weighted by molar-refractivity contribution is 1.18. The van der Waals surface area contributed by atoms with Gasteiger partial charge in [0.05, 0.1) is 11.0 Å². The molecule has 6 aromatic rings. The van der Waals surface area contributed by atoms with E-state index < -0.39 is 0 Å².